The summed E-state index contributed by atoms with van der Waals surface area (Å²) in [5, 5.41) is 0. The van der Waals surface area contributed by atoms with E-state index in [1.165, 1.54) is 0 Å². The summed E-state index contributed by atoms with van der Waals surface area (Å²) in [6.07, 6.45) is 0. The van der Waals surface area contributed by atoms with Crippen molar-refractivity contribution in [2.24, 2.45) is 0 Å². The molecule has 1 rings (SSSR count). The summed E-state index contributed by atoms with van der Waals surface area (Å²) in [5.41, 5.74) is -0.250. The average Bonchev–Trinajstić information content (AvgIpc) is 1.76. The van der Waals surface area contributed by atoms with Crippen LogP contribution in [0.4, 0.5) is 0 Å². The van der Waals surface area contributed by atoms with Gasteiger partial charge in [0.05, 0.1) is 6.61 Å². The fourth-order valence-electron chi connectivity index (χ4n) is 0.114. The summed E-state index contributed by atoms with van der Waals surface area (Å²) >= 11 is 0. The van der Waals surface area contributed by atoms with Crippen LogP contribution in [0, 0.1) is 0 Å². The van der Waals surface area contributed by atoms with Gasteiger partial charge in [0, 0.05) is 5.50 Å². The summed E-state index contributed by atoms with van der Waals surface area (Å²) in [6, 6.07) is 0. The lowest BCUT2D eigenvalue weighted by atomic mass is 9.91. The smallest absolute Gasteiger partial charge is 0.116 e. The van der Waals surface area contributed by atoms with Crippen LogP contribution in [0.15, 0.2) is 0 Å². The van der Waals surface area contributed by atoms with Crippen LogP contribution in [0.5, 0.6) is 0 Å². The Morgan fingerprint density at radius 2 is 2.20 bits per heavy atom. The molecule has 1 aliphatic heterocycles. The molecule has 1 atom stereocenters. The molecule has 1 saturated heterocycles. The van der Waals surface area contributed by atoms with E-state index in [9.17, 15) is 0 Å². The van der Waals surface area contributed by atoms with Crippen LogP contribution >= 0.6 is 0 Å². The van der Waals surface area contributed by atoms with Crippen LogP contribution in [0.1, 0.15) is 6.92 Å². The molecule has 0 N–H and O–H groups in total. The molecule has 0 aromatic rings. The normalized spacial score (nSPS) is 49.0. The Hall–Kier alpha value is 0.0249. The highest BCUT2D eigenvalue weighted by atomic mass is 16.6. The third-order valence-electron chi connectivity index (χ3n) is 0.600. The molecule has 2 heteroatoms. The van der Waals surface area contributed by atoms with Gasteiger partial charge in [-0.15, -0.1) is 0 Å². The van der Waals surface area contributed by atoms with Gasteiger partial charge < -0.3 is 4.74 Å². The first-order valence-corrected chi connectivity index (χ1v) is 1.64. The minimum atomic E-state index is -0.250. The van der Waals surface area contributed by atoms with Crippen molar-refractivity contribution >= 4 is 7.85 Å². The first-order valence-electron chi connectivity index (χ1n) is 1.64. The third kappa shape index (κ3) is 0.654. The molecule has 1 nitrogen and oxygen atoms in total. The molecule has 2 radical (unpaired) electrons. The summed E-state index contributed by atoms with van der Waals surface area (Å²) in [5.74, 6) is 0. The van der Waals surface area contributed by atoms with Crippen LogP contribution in [-0.4, -0.2) is 20.0 Å². The number of ether oxygens (including phenoxy) is 1. The van der Waals surface area contributed by atoms with E-state index < -0.39 is 0 Å². The van der Waals surface area contributed by atoms with Crippen molar-refractivity contribution in [1.82, 2.24) is 0 Å². The van der Waals surface area contributed by atoms with Crippen molar-refractivity contribution in [3.8, 4) is 0 Å². The van der Waals surface area contributed by atoms with Crippen LogP contribution < -0.4 is 0 Å². The first-order chi connectivity index (χ1) is 2.21. The fourth-order valence-corrected chi connectivity index (χ4v) is 0.114. The Labute approximate surface area is 32.7 Å². The molecule has 1 aliphatic rings. The Balaban J connectivity index is 2.38. The maximum absolute atomic E-state index is 5.24. The summed E-state index contributed by atoms with van der Waals surface area (Å²) < 4.78 is 4.67. The molecule has 0 aromatic heterocycles. The Bertz CT molecular complexity index is 44.9. The monoisotopic (exact) mass is 68.0 g/mol. The highest BCUT2D eigenvalue weighted by Gasteiger charge is 2.31. The van der Waals surface area contributed by atoms with Gasteiger partial charge in [-0.3, -0.25) is 0 Å². The minimum absolute atomic E-state index is 0.250. The largest absolute Gasteiger partial charge is 0.381 e. The van der Waals surface area contributed by atoms with E-state index in [1.807, 2.05) is 6.92 Å². The SMILES string of the molecule is [B]C1(C)CO1. The van der Waals surface area contributed by atoms with E-state index in [-0.39, 0.29) is 5.50 Å². The zero-order valence-electron chi connectivity index (χ0n) is 3.19. The highest BCUT2D eigenvalue weighted by Crippen LogP contribution is 2.19. The number of rotatable bonds is 0. The van der Waals surface area contributed by atoms with Gasteiger partial charge in [-0.2, -0.15) is 0 Å². The van der Waals surface area contributed by atoms with Gasteiger partial charge in [0.25, 0.3) is 0 Å². The molecule has 0 aromatic carbocycles. The second kappa shape index (κ2) is 0.572. The van der Waals surface area contributed by atoms with Gasteiger partial charge in [-0.05, 0) is 6.92 Å². The first kappa shape index (κ1) is 3.22. The van der Waals surface area contributed by atoms with Crippen LogP contribution in [0.3, 0.4) is 0 Å². The zero-order valence-corrected chi connectivity index (χ0v) is 3.19. The second-order valence-electron chi connectivity index (χ2n) is 1.60. The van der Waals surface area contributed by atoms with E-state index in [0.717, 1.165) is 6.61 Å². The molecule has 0 bridgehead atoms. The standard InChI is InChI=1S/C3H5BO/c1-3(4)2-5-3/h2H2,1H3. The van der Waals surface area contributed by atoms with Gasteiger partial charge in [-0.25, -0.2) is 0 Å². The van der Waals surface area contributed by atoms with Crippen molar-refractivity contribution < 1.29 is 4.74 Å². The van der Waals surface area contributed by atoms with Gasteiger partial charge >= 0.3 is 0 Å². The lowest BCUT2D eigenvalue weighted by Crippen LogP contribution is -1.99. The van der Waals surface area contributed by atoms with Crippen molar-refractivity contribution in [2.45, 2.75) is 12.4 Å². The molecular formula is C3H5BO. The van der Waals surface area contributed by atoms with E-state index >= 15 is 0 Å². The molecule has 0 amide bonds. The quantitative estimate of drug-likeness (QED) is 0.285. The van der Waals surface area contributed by atoms with E-state index in [0.29, 0.717) is 0 Å². The van der Waals surface area contributed by atoms with Crippen molar-refractivity contribution in [3.05, 3.63) is 0 Å². The highest BCUT2D eigenvalue weighted by molar-refractivity contribution is 6.15. The average molecular weight is 67.9 g/mol. The van der Waals surface area contributed by atoms with Gasteiger partial charge in [0.2, 0.25) is 0 Å². The lowest BCUT2D eigenvalue weighted by Gasteiger charge is -1.81. The molecule has 0 saturated carbocycles. The Morgan fingerprint density at radius 1 is 2.00 bits per heavy atom. The molecule has 1 unspecified atom stereocenters. The van der Waals surface area contributed by atoms with Crippen LogP contribution in [0.25, 0.3) is 0 Å². The van der Waals surface area contributed by atoms with Gasteiger partial charge in [0.1, 0.15) is 7.85 Å². The van der Waals surface area contributed by atoms with Crippen molar-refractivity contribution in [2.75, 3.05) is 6.61 Å². The lowest BCUT2D eigenvalue weighted by molar-refractivity contribution is 0.396. The fraction of sp³-hybridized carbons (Fsp3) is 1.00. The third-order valence-corrected chi connectivity index (χ3v) is 0.600. The Morgan fingerprint density at radius 3 is 2.20 bits per heavy atom. The molecule has 1 heterocycles. The molecule has 0 spiro atoms. The molecule has 5 heavy (non-hydrogen) atoms. The van der Waals surface area contributed by atoms with Crippen molar-refractivity contribution in [1.29, 1.82) is 0 Å². The predicted octanol–water partition coefficient (Wildman–Crippen LogP) is -0.0987. The predicted molar refractivity (Wildman–Crippen MR) is 20.1 cm³/mol. The molecule has 1 fully saturated rings. The van der Waals surface area contributed by atoms with Crippen LogP contribution in [0.2, 0.25) is 0 Å². The van der Waals surface area contributed by atoms with Gasteiger partial charge in [0.15, 0.2) is 0 Å². The number of hydrogen-bond acceptors (Lipinski definition) is 1. The maximum Gasteiger partial charge on any atom is 0.116 e. The number of hydrogen-bond donors (Lipinski definition) is 0. The Kier molecular flexibility index (Phi) is 0.369. The zero-order chi connectivity index (χ0) is 3.91. The van der Waals surface area contributed by atoms with Crippen molar-refractivity contribution in [3.63, 3.8) is 0 Å². The molecule has 26 valence electrons. The van der Waals surface area contributed by atoms with Crippen LogP contribution in [-0.2, 0) is 4.74 Å². The van der Waals surface area contributed by atoms with E-state index in [4.69, 9.17) is 7.85 Å². The summed E-state index contributed by atoms with van der Waals surface area (Å²) in [6.45, 7) is 2.58. The summed E-state index contributed by atoms with van der Waals surface area (Å²) in [4.78, 5) is 0. The minimum Gasteiger partial charge on any atom is -0.381 e. The second-order valence-corrected chi connectivity index (χ2v) is 1.60. The van der Waals surface area contributed by atoms with Gasteiger partial charge in [-0.1, -0.05) is 0 Å². The molecule has 0 aliphatic carbocycles. The molecular weight excluding hydrogens is 62.8 g/mol. The maximum atomic E-state index is 5.24. The van der Waals surface area contributed by atoms with E-state index in [2.05, 4.69) is 4.74 Å². The summed E-state index contributed by atoms with van der Waals surface area (Å²) in [7, 11) is 5.24. The van der Waals surface area contributed by atoms with E-state index in [1.54, 1.807) is 0 Å². The number of epoxide rings is 1. The topological polar surface area (TPSA) is 12.5 Å².